The Morgan fingerprint density at radius 3 is 2.00 bits per heavy atom. The summed E-state index contributed by atoms with van der Waals surface area (Å²) in [4.78, 5) is 0. The standard InChI is InChI=1S/C9H15Cl/c1-7(2)5-6-8(3)9(4)10/h5-6,9H,1-4H3/b8-6-. The average molecular weight is 159 g/mol. The third-order valence-corrected chi connectivity index (χ3v) is 1.65. The smallest absolute Gasteiger partial charge is 0.0517 e. The van der Waals surface area contributed by atoms with Crippen molar-refractivity contribution in [2.24, 2.45) is 0 Å². The molecule has 0 spiro atoms. The molecule has 10 heavy (non-hydrogen) atoms. The summed E-state index contributed by atoms with van der Waals surface area (Å²) in [5.74, 6) is 0. The Balaban J connectivity index is 4.05. The first kappa shape index (κ1) is 9.77. The molecule has 0 aromatic heterocycles. The zero-order chi connectivity index (χ0) is 8.15. The van der Waals surface area contributed by atoms with Crippen molar-refractivity contribution in [2.45, 2.75) is 33.1 Å². The third-order valence-electron chi connectivity index (χ3n) is 1.31. The summed E-state index contributed by atoms with van der Waals surface area (Å²) in [6.45, 7) is 8.16. The minimum Gasteiger partial charge on any atom is -0.118 e. The van der Waals surface area contributed by atoms with E-state index in [0.717, 1.165) is 0 Å². The molecule has 0 amide bonds. The van der Waals surface area contributed by atoms with Crippen molar-refractivity contribution >= 4 is 11.6 Å². The largest absolute Gasteiger partial charge is 0.118 e. The summed E-state index contributed by atoms with van der Waals surface area (Å²) >= 11 is 5.81. The van der Waals surface area contributed by atoms with Crippen LogP contribution in [-0.2, 0) is 0 Å². The van der Waals surface area contributed by atoms with Gasteiger partial charge in [0.05, 0.1) is 5.38 Å². The maximum Gasteiger partial charge on any atom is 0.0517 e. The van der Waals surface area contributed by atoms with Crippen LogP contribution in [0.5, 0.6) is 0 Å². The Morgan fingerprint density at radius 2 is 1.70 bits per heavy atom. The van der Waals surface area contributed by atoms with Gasteiger partial charge in [0, 0.05) is 0 Å². The maximum absolute atomic E-state index is 5.81. The molecule has 0 nitrogen and oxygen atoms in total. The van der Waals surface area contributed by atoms with E-state index in [1.165, 1.54) is 11.1 Å². The van der Waals surface area contributed by atoms with Gasteiger partial charge in [-0.1, -0.05) is 23.3 Å². The van der Waals surface area contributed by atoms with Crippen molar-refractivity contribution in [3.8, 4) is 0 Å². The molecule has 1 heteroatoms. The molecule has 0 fully saturated rings. The predicted octanol–water partition coefficient (Wildman–Crippen LogP) is 3.53. The van der Waals surface area contributed by atoms with Crippen molar-refractivity contribution in [3.63, 3.8) is 0 Å². The number of hydrogen-bond acceptors (Lipinski definition) is 0. The monoisotopic (exact) mass is 158 g/mol. The van der Waals surface area contributed by atoms with E-state index in [0.29, 0.717) is 0 Å². The lowest BCUT2D eigenvalue weighted by molar-refractivity contribution is 1.11. The molecule has 58 valence electrons. The van der Waals surface area contributed by atoms with Gasteiger partial charge in [-0.3, -0.25) is 0 Å². The Hall–Kier alpha value is -0.230. The average Bonchev–Trinajstić information content (AvgIpc) is 1.82. The van der Waals surface area contributed by atoms with Crippen LogP contribution in [0.1, 0.15) is 27.7 Å². The lowest BCUT2D eigenvalue weighted by Crippen LogP contribution is -1.90. The molecule has 0 saturated carbocycles. The predicted molar refractivity (Wildman–Crippen MR) is 48.5 cm³/mol. The molecular weight excluding hydrogens is 144 g/mol. The van der Waals surface area contributed by atoms with Gasteiger partial charge in [-0.25, -0.2) is 0 Å². The van der Waals surface area contributed by atoms with Crippen LogP contribution in [0.2, 0.25) is 0 Å². The van der Waals surface area contributed by atoms with Gasteiger partial charge in [0.2, 0.25) is 0 Å². The summed E-state index contributed by atoms with van der Waals surface area (Å²) < 4.78 is 0. The quantitative estimate of drug-likeness (QED) is 0.426. The van der Waals surface area contributed by atoms with Gasteiger partial charge in [-0.15, -0.1) is 11.6 Å². The van der Waals surface area contributed by atoms with Crippen molar-refractivity contribution in [3.05, 3.63) is 23.3 Å². The third kappa shape index (κ3) is 4.63. The number of alkyl halides is 1. The second kappa shape index (κ2) is 4.56. The highest BCUT2D eigenvalue weighted by Crippen LogP contribution is 2.08. The van der Waals surface area contributed by atoms with Gasteiger partial charge in [0.25, 0.3) is 0 Å². The van der Waals surface area contributed by atoms with Crippen LogP contribution >= 0.6 is 11.6 Å². The lowest BCUT2D eigenvalue weighted by atomic mass is 10.2. The maximum atomic E-state index is 5.81. The van der Waals surface area contributed by atoms with Crippen LogP contribution in [0.15, 0.2) is 23.3 Å². The minimum absolute atomic E-state index is 0.149. The molecule has 0 aromatic carbocycles. The Bertz CT molecular complexity index is 148. The molecule has 0 aromatic rings. The molecule has 0 bridgehead atoms. The van der Waals surface area contributed by atoms with Crippen LogP contribution in [-0.4, -0.2) is 5.38 Å². The van der Waals surface area contributed by atoms with E-state index in [2.05, 4.69) is 26.0 Å². The highest BCUT2D eigenvalue weighted by Gasteiger charge is 1.94. The molecule has 0 N–H and O–H groups in total. The summed E-state index contributed by atoms with van der Waals surface area (Å²) in [6.07, 6.45) is 4.14. The van der Waals surface area contributed by atoms with Gasteiger partial charge >= 0.3 is 0 Å². The van der Waals surface area contributed by atoms with E-state index >= 15 is 0 Å². The van der Waals surface area contributed by atoms with Crippen molar-refractivity contribution in [1.29, 1.82) is 0 Å². The highest BCUT2D eigenvalue weighted by atomic mass is 35.5. The zero-order valence-corrected chi connectivity index (χ0v) is 7.87. The zero-order valence-electron chi connectivity index (χ0n) is 7.11. The molecule has 0 aliphatic carbocycles. The molecule has 1 unspecified atom stereocenters. The van der Waals surface area contributed by atoms with E-state index in [1.807, 2.05) is 13.8 Å². The molecule has 0 saturated heterocycles. The SMILES string of the molecule is CC(C)=C/C=C(/C)C(C)Cl. The molecule has 0 aliphatic heterocycles. The van der Waals surface area contributed by atoms with E-state index in [4.69, 9.17) is 11.6 Å². The first-order valence-corrected chi connectivity index (χ1v) is 3.93. The fraction of sp³-hybridized carbons (Fsp3) is 0.556. The van der Waals surface area contributed by atoms with Crippen LogP contribution in [0, 0.1) is 0 Å². The first-order chi connectivity index (χ1) is 4.54. The summed E-state index contributed by atoms with van der Waals surface area (Å²) in [6, 6.07) is 0. The van der Waals surface area contributed by atoms with Gasteiger partial charge in [0.1, 0.15) is 0 Å². The van der Waals surface area contributed by atoms with Crippen LogP contribution in [0.4, 0.5) is 0 Å². The highest BCUT2D eigenvalue weighted by molar-refractivity contribution is 6.22. The van der Waals surface area contributed by atoms with Gasteiger partial charge in [-0.2, -0.15) is 0 Å². The fourth-order valence-corrected chi connectivity index (χ4v) is 0.503. The molecule has 0 rings (SSSR count). The summed E-state index contributed by atoms with van der Waals surface area (Å²) in [7, 11) is 0. The summed E-state index contributed by atoms with van der Waals surface area (Å²) in [5.41, 5.74) is 2.51. The Morgan fingerprint density at radius 1 is 1.20 bits per heavy atom. The summed E-state index contributed by atoms with van der Waals surface area (Å²) in [5, 5.41) is 0.149. The van der Waals surface area contributed by atoms with E-state index in [1.54, 1.807) is 0 Å². The molecule has 0 radical (unpaired) electrons. The number of rotatable bonds is 2. The molecule has 0 aliphatic rings. The number of halogens is 1. The van der Waals surface area contributed by atoms with E-state index < -0.39 is 0 Å². The van der Waals surface area contributed by atoms with Crippen LogP contribution in [0.3, 0.4) is 0 Å². The van der Waals surface area contributed by atoms with Crippen molar-refractivity contribution < 1.29 is 0 Å². The first-order valence-electron chi connectivity index (χ1n) is 3.49. The van der Waals surface area contributed by atoms with E-state index in [9.17, 15) is 0 Å². The fourth-order valence-electron chi connectivity index (χ4n) is 0.431. The second-order valence-corrected chi connectivity index (χ2v) is 3.43. The Labute approximate surface area is 68.6 Å². The van der Waals surface area contributed by atoms with Gasteiger partial charge < -0.3 is 0 Å². The second-order valence-electron chi connectivity index (χ2n) is 2.77. The normalized spacial score (nSPS) is 14.7. The molecule has 1 atom stereocenters. The number of hydrogen-bond donors (Lipinski definition) is 0. The van der Waals surface area contributed by atoms with E-state index in [-0.39, 0.29) is 5.38 Å². The van der Waals surface area contributed by atoms with Crippen LogP contribution < -0.4 is 0 Å². The lowest BCUT2D eigenvalue weighted by Gasteiger charge is -1.99. The van der Waals surface area contributed by atoms with Crippen LogP contribution in [0.25, 0.3) is 0 Å². The number of allylic oxidation sites excluding steroid dienone is 4. The molecular formula is C9H15Cl. The van der Waals surface area contributed by atoms with Crippen molar-refractivity contribution in [2.75, 3.05) is 0 Å². The topological polar surface area (TPSA) is 0 Å². The Kier molecular flexibility index (Phi) is 4.46. The van der Waals surface area contributed by atoms with Gasteiger partial charge in [-0.05, 0) is 27.7 Å². The molecule has 0 heterocycles. The van der Waals surface area contributed by atoms with Gasteiger partial charge in [0.15, 0.2) is 0 Å². The minimum atomic E-state index is 0.149. The van der Waals surface area contributed by atoms with Crippen molar-refractivity contribution in [1.82, 2.24) is 0 Å².